The molecule has 1 aromatic rings. The van der Waals surface area contributed by atoms with Gasteiger partial charge in [0.2, 0.25) is 5.28 Å². The van der Waals surface area contributed by atoms with Crippen LogP contribution in [0.1, 0.15) is 32.7 Å². The molecule has 1 saturated carbocycles. The van der Waals surface area contributed by atoms with Gasteiger partial charge in [0.05, 0.1) is 0 Å². The fourth-order valence-corrected chi connectivity index (χ4v) is 2.01. The second-order valence-corrected chi connectivity index (χ2v) is 4.39. The maximum Gasteiger partial charge on any atom is 0.225 e. The van der Waals surface area contributed by atoms with E-state index in [1.54, 1.807) is 6.33 Å². The summed E-state index contributed by atoms with van der Waals surface area (Å²) >= 11 is 5.86. The van der Waals surface area contributed by atoms with Crippen molar-refractivity contribution in [3.63, 3.8) is 0 Å². The van der Waals surface area contributed by atoms with E-state index in [4.69, 9.17) is 11.6 Å². The average Bonchev–Trinajstić information content (AvgIpc) is 2.35. The molecule has 1 aliphatic carbocycles. The third-order valence-corrected chi connectivity index (χ3v) is 3.10. The molecule has 66 valence electrons. The Bertz CT molecular complexity index is 292. The van der Waals surface area contributed by atoms with Crippen LogP contribution in [0.4, 0.5) is 0 Å². The van der Waals surface area contributed by atoms with Crippen molar-refractivity contribution in [1.82, 2.24) is 14.8 Å². The minimum atomic E-state index is 0.353. The van der Waals surface area contributed by atoms with Crippen molar-refractivity contribution in [2.45, 2.75) is 32.7 Å². The van der Waals surface area contributed by atoms with Crippen molar-refractivity contribution in [3.8, 4) is 0 Å². The summed E-state index contributed by atoms with van der Waals surface area (Å²) in [6.07, 6.45) is 4.16. The maximum absolute atomic E-state index is 5.86. The minimum Gasteiger partial charge on any atom is -0.301 e. The predicted octanol–water partition coefficient (Wildman–Crippen LogP) is 2.29. The van der Waals surface area contributed by atoms with Gasteiger partial charge in [0.15, 0.2) is 0 Å². The van der Waals surface area contributed by atoms with Crippen molar-refractivity contribution >= 4 is 11.6 Å². The lowest BCUT2D eigenvalue weighted by Gasteiger charge is -2.44. The molecule has 2 rings (SSSR count). The number of hydrogen-bond donors (Lipinski definition) is 0. The van der Waals surface area contributed by atoms with E-state index in [9.17, 15) is 0 Å². The molecular weight excluding hydrogens is 174 g/mol. The minimum absolute atomic E-state index is 0.353. The SMILES string of the molecule is CC1(C)CCC1n1cnnc1Cl. The van der Waals surface area contributed by atoms with E-state index in [1.807, 2.05) is 4.57 Å². The molecule has 1 fully saturated rings. The van der Waals surface area contributed by atoms with Gasteiger partial charge in [0.25, 0.3) is 0 Å². The zero-order chi connectivity index (χ0) is 8.77. The lowest BCUT2D eigenvalue weighted by atomic mass is 9.67. The van der Waals surface area contributed by atoms with Gasteiger partial charge >= 0.3 is 0 Å². The lowest BCUT2D eigenvalue weighted by molar-refractivity contribution is 0.0818. The summed E-state index contributed by atoms with van der Waals surface area (Å²) in [5, 5.41) is 8.04. The van der Waals surface area contributed by atoms with Gasteiger partial charge in [-0.1, -0.05) is 13.8 Å². The Morgan fingerprint density at radius 3 is 2.75 bits per heavy atom. The van der Waals surface area contributed by atoms with Gasteiger partial charge in [-0.3, -0.25) is 0 Å². The Kier molecular flexibility index (Phi) is 1.65. The molecule has 0 spiro atoms. The molecule has 0 aromatic carbocycles. The Labute approximate surface area is 76.7 Å². The van der Waals surface area contributed by atoms with Gasteiger partial charge < -0.3 is 4.57 Å². The first-order valence-corrected chi connectivity index (χ1v) is 4.54. The first-order chi connectivity index (χ1) is 5.61. The molecule has 1 unspecified atom stereocenters. The number of halogens is 1. The van der Waals surface area contributed by atoms with Crippen LogP contribution in [0.15, 0.2) is 6.33 Å². The summed E-state index contributed by atoms with van der Waals surface area (Å²) in [7, 11) is 0. The van der Waals surface area contributed by atoms with Crippen LogP contribution >= 0.6 is 11.6 Å². The van der Waals surface area contributed by atoms with E-state index in [-0.39, 0.29) is 0 Å². The molecule has 1 aromatic heterocycles. The van der Waals surface area contributed by atoms with Crippen LogP contribution in [0.5, 0.6) is 0 Å². The van der Waals surface area contributed by atoms with Crippen LogP contribution in [0.2, 0.25) is 5.28 Å². The zero-order valence-electron chi connectivity index (χ0n) is 7.29. The second-order valence-electron chi connectivity index (χ2n) is 4.05. The smallest absolute Gasteiger partial charge is 0.225 e. The molecule has 1 atom stereocenters. The summed E-state index contributed by atoms with van der Waals surface area (Å²) in [5.41, 5.74) is 0.353. The quantitative estimate of drug-likeness (QED) is 0.672. The van der Waals surface area contributed by atoms with Gasteiger partial charge in [-0.15, -0.1) is 10.2 Å². The highest BCUT2D eigenvalue weighted by molar-refractivity contribution is 6.28. The van der Waals surface area contributed by atoms with Crippen LogP contribution in [0.25, 0.3) is 0 Å². The van der Waals surface area contributed by atoms with Gasteiger partial charge in [0, 0.05) is 6.04 Å². The van der Waals surface area contributed by atoms with Crippen LogP contribution in [0.3, 0.4) is 0 Å². The standard InChI is InChI=1S/C8H12ClN3/c1-8(2)4-3-6(8)12-5-10-11-7(12)9/h5-6H,3-4H2,1-2H3. The molecule has 0 bridgehead atoms. The molecule has 1 aliphatic rings. The number of aromatic nitrogens is 3. The fourth-order valence-electron chi connectivity index (χ4n) is 1.80. The van der Waals surface area contributed by atoms with E-state index in [2.05, 4.69) is 24.0 Å². The van der Waals surface area contributed by atoms with Crippen LogP contribution < -0.4 is 0 Å². The monoisotopic (exact) mass is 185 g/mol. The molecule has 0 aliphatic heterocycles. The predicted molar refractivity (Wildman–Crippen MR) is 47.1 cm³/mol. The van der Waals surface area contributed by atoms with Gasteiger partial charge in [-0.25, -0.2) is 0 Å². The third-order valence-electron chi connectivity index (χ3n) is 2.83. The van der Waals surface area contributed by atoms with Gasteiger partial charge in [-0.05, 0) is 29.9 Å². The normalized spacial score (nSPS) is 26.8. The van der Waals surface area contributed by atoms with Crippen molar-refractivity contribution in [1.29, 1.82) is 0 Å². The number of rotatable bonds is 1. The molecule has 0 N–H and O–H groups in total. The lowest BCUT2D eigenvalue weighted by Crippen LogP contribution is -2.36. The Morgan fingerprint density at radius 1 is 1.67 bits per heavy atom. The van der Waals surface area contributed by atoms with Crippen molar-refractivity contribution in [2.75, 3.05) is 0 Å². The fraction of sp³-hybridized carbons (Fsp3) is 0.750. The van der Waals surface area contributed by atoms with Crippen LogP contribution in [-0.4, -0.2) is 14.8 Å². The average molecular weight is 186 g/mol. The molecule has 0 amide bonds. The van der Waals surface area contributed by atoms with Gasteiger partial charge in [0.1, 0.15) is 6.33 Å². The molecule has 0 saturated heterocycles. The molecule has 4 heteroatoms. The first-order valence-electron chi connectivity index (χ1n) is 4.16. The largest absolute Gasteiger partial charge is 0.301 e. The number of hydrogen-bond acceptors (Lipinski definition) is 2. The van der Waals surface area contributed by atoms with E-state index < -0.39 is 0 Å². The Morgan fingerprint density at radius 2 is 2.42 bits per heavy atom. The van der Waals surface area contributed by atoms with Crippen LogP contribution in [-0.2, 0) is 0 Å². The third kappa shape index (κ3) is 1.04. The summed E-state index contributed by atoms with van der Waals surface area (Å²) in [5.74, 6) is 0. The molecule has 12 heavy (non-hydrogen) atoms. The molecule has 0 radical (unpaired) electrons. The zero-order valence-corrected chi connectivity index (χ0v) is 8.04. The molecular formula is C8H12ClN3. The summed E-state index contributed by atoms with van der Waals surface area (Å²) in [4.78, 5) is 0. The highest BCUT2D eigenvalue weighted by Crippen LogP contribution is 2.49. The maximum atomic E-state index is 5.86. The highest BCUT2D eigenvalue weighted by atomic mass is 35.5. The van der Waals surface area contributed by atoms with Gasteiger partial charge in [-0.2, -0.15) is 0 Å². The van der Waals surface area contributed by atoms with E-state index in [1.165, 1.54) is 12.8 Å². The topological polar surface area (TPSA) is 30.7 Å². The summed E-state index contributed by atoms with van der Waals surface area (Å²) < 4.78 is 1.96. The van der Waals surface area contributed by atoms with E-state index in [0.29, 0.717) is 16.7 Å². The van der Waals surface area contributed by atoms with E-state index in [0.717, 1.165) is 0 Å². The first kappa shape index (κ1) is 8.05. The Hall–Kier alpha value is -0.570. The van der Waals surface area contributed by atoms with Crippen molar-refractivity contribution < 1.29 is 0 Å². The van der Waals surface area contributed by atoms with Crippen molar-refractivity contribution in [3.05, 3.63) is 11.6 Å². The Balaban J connectivity index is 2.27. The molecule has 3 nitrogen and oxygen atoms in total. The number of nitrogens with zero attached hydrogens (tertiary/aromatic N) is 3. The molecule has 1 heterocycles. The second kappa shape index (κ2) is 2.46. The highest BCUT2D eigenvalue weighted by Gasteiger charge is 2.40. The summed E-state index contributed by atoms with van der Waals surface area (Å²) in [6, 6.07) is 0.486. The van der Waals surface area contributed by atoms with E-state index >= 15 is 0 Å². The summed E-state index contributed by atoms with van der Waals surface area (Å²) in [6.45, 7) is 4.50. The van der Waals surface area contributed by atoms with Crippen molar-refractivity contribution in [2.24, 2.45) is 5.41 Å². The van der Waals surface area contributed by atoms with Crippen LogP contribution in [0, 0.1) is 5.41 Å².